The first kappa shape index (κ1) is 17.7. The number of hydrogen-bond acceptors (Lipinski definition) is 3. The van der Waals surface area contributed by atoms with Gasteiger partial charge in [0.2, 0.25) is 0 Å². The summed E-state index contributed by atoms with van der Waals surface area (Å²) in [6.07, 6.45) is 0. The average molecular weight is 379 g/mol. The highest BCUT2D eigenvalue weighted by molar-refractivity contribution is 6.40. The van der Waals surface area contributed by atoms with Crippen LogP contribution in [0.3, 0.4) is 0 Å². The van der Waals surface area contributed by atoms with E-state index in [0.29, 0.717) is 37.6 Å². The summed E-state index contributed by atoms with van der Waals surface area (Å²) in [7, 11) is 0. The monoisotopic (exact) mass is 378 g/mol. The average Bonchev–Trinajstić information content (AvgIpc) is 2.62. The maximum absolute atomic E-state index is 12.4. The van der Waals surface area contributed by atoms with Gasteiger partial charge in [0, 0.05) is 24.3 Å². The predicted molar refractivity (Wildman–Crippen MR) is 97.6 cm³/mol. The Kier molecular flexibility index (Phi) is 5.58. The number of anilines is 1. The zero-order chi connectivity index (χ0) is 17.8. The highest BCUT2D eigenvalue weighted by Gasteiger charge is 2.19. The predicted octanol–water partition coefficient (Wildman–Crippen LogP) is 3.72. The fourth-order valence-corrected chi connectivity index (χ4v) is 3.12. The van der Waals surface area contributed by atoms with Gasteiger partial charge in [-0.15, -0.1) is 0 Å². The van der Waals surface area contributed by atoms with Crippen molar-refractivity contribution in [1.29, 1.82) is 0 Å². The highest BCUT2D eigenvalue weighted by Crippen LogP contribution is 2.25. The summed E-state index contributed by atoms with van der Waals surface area (Å²) in [6, 6.07) is 11.6. The second-order valence-electron chi connectivity index (χ2n) is 5.53. The van der Waals surface area contributed by atoms with Crippen LogP contribution in [0.1, 0.15) is 20.7 Å². The summed E-state index contributed by atoms with van der Waals surface area (Å²) < 4.78 is 5.25. The van der Waals surface area contributed by atoms with Crippen LogP contribution in [-0.4, -0.2) is 43.0 Å². The van der Waals surface area contributed by atoms with Gasteiger partial charge in [-0.25, -0.2) is 0 Å². The van der Waals surface area contributed by atoms with Crippen LogP contribution in [0.5, 0.6) is 0 Å². The van der Waals surface area contributed by atoms with Crippen molar-refractivity contribution in [3.8, 4) is 0 Å². The number of amides is 2. The molecule has 0 bridgehead atoms. The van der Waals surface area contributed by atoms with Gasteiger partial charge in [-0.1, -0.05) is 29.3 Å². The van der Waals surface area contributed by atoms with Gasteiger partial charge < -0.3 is 15.0 Å². The number of carbonyl (C=O) groups is 2. The SMILES string of the molecule is O=C(Nc1ccc(C(=O)N2CCOCC2)cc1)c1c(Cl)cccc1Cl. The van der Waals surface area contributed by atoms with Gasteiger partial charge in [0.05, 0.1) is 28.8 Å². The standard InChI is InChI=1S/C18H16Cl2N2O3/c19-14-2-1-3-15(20)16(14)17(23)21-13-6-4-12(5-7-13)18(24)22-8-10-25-11-9-22/h1-7H,8-11H2,(H,21,23). The summed E-state index contributed by atoms with van der Waals surface area (Å²) >= 11 is 12.1. The Morgan fingerprint density at radius 2 is 1.56 bits per heavy atom. The van der Waals surface area contributed by atoms with Crippen LogP contribution in [0, 0.1) is 0 Å². The van der Waals surface area contributed by atoms with E-state index in [0.717, 1.165) is 0 Å². The Bertz CT molecular complexity index is 767. The number of morpholine rings is 1. The third-order valence-electron chi connectivity index (χ3n) is 3.88. The zero-order valence-corrected chi connectivity index (χ0v) is 14.8. The number of hydrogen-bond donors (Lipinski definition) is 1. The highest BCUT2D eigenvalue weighted by atomic mass is 35.5. The Morgan fingerprint density at radius 3 is 2.16 bits per heavy atom. The minimum absolute atomic E-state index is 0.0460. The Hall–Kier alpha value is -2.08. The van der Waals surface area contributed by atoms with Gasteiger partial charge in [0.15, 0.2) is 0 Å². The molecule has 1 aliphatic heterocycles. The first-order valence-electron chi connectivity index (χ1n) is 7.79. The van der Waals surface area contributed by atoms with E-state index < -0.39 is 5.91 Å². The number of nitrogens with one attached hydrogen (secondary N) is 1. The molecule has 1 heterocycles. The molecule has 1 aliphatic rings. The van der Waals surface area contributed by atoms with E-state index >= 15 is 0 Å². The number of ether oxygens (including phenoxy) is 1. The molecular weight excluding hydrogens is 363 g/mol. The molecule has 130 valence electrons. The molecule has 2 aromatic carbocycles. The smallest absolute Gasteiger partial charge is 0.258 e. The van der Waals surface area contributed by atoms with Crippen molar-refractivity contribution in [3.05, 3.63) is 63.6 Å². The molecule has 1 N–H and O–H groups in total. The van der Waals surface area contributed by atoms with Gasteiger partial charge >= 0.3 is 0 Å². The minimum atomic E-state index is -0.400. The third-order valence-corrected chi connectivity index (χ3v) is 4.51. The molecule has 0 radical (unpaired) electrons. The topological polar surface area (TPSA) is 58.6 Å². The maximum atomic E-state index is 12.4. The quantitative estimate of drug-likeness (QED) is 0.885. The van der Waals surface area contributed by atoms with Gasteiger partial charge in [-0.3, -0.25) is 9.59 Å². The van der Waals surface area contributed by atoms with Crippen molar-refractivity contribution in [2.75, 3.05) is 31.6 Å². The van der Waals surface area contributed by atoms with Crippen LogP contribution >= 0.6 is 23.2 Å². The molecule has 7 heteroatoms. The Balaban J connectivity index is 1.70. The maximum Gasteiger partial charge on any atom is 0.258 e. The molecule has 1 saturated heterocycles. The lowest BCUT2D eigenvalue weighted by molar-refractivity contribution is 0.0303. The number of nitrogens with zero attached hydrogens (tertiary/aromatic N) is 1. The summed E-state index contributed by atoms with van der Waals surface area (Å²) in [5, 5.41) is 3.30. The molecule has 0 aromatic heterocycles. The van der Waals surface area contributed by atoms with Crippen molar-refractivity contribution in [2.24, 2.45) is 0 Å². The van der Waals surface area contributed by atoms with Crippen LogP contribution in [0.2, 0.25) is 10.0 Å². The van der Waals surface area contributed by atoms with Crippen LogP contribution in [0.15, 0.2) is 42.5 Å². The van der Waals surface area contributed by atoms with E-state index in [9.17, 15) is 9.59 Å². The second-order valence-corrected chi connectivity index (χ2v) is 6.35. The van der Waals surface area contributed by atoms with E-state index in [1.807, 2.05) is 0 Å². The molecule has 0 saturated carbocycles. The molecular formula is C18H16Cl2N2O3. The van der Waals surface area contributed by atoms with E-state index in [1.54, 1.807) is 47.4 Å². The molecule has 2 aromatic rings. The Morgan fingerprint density at radius 1 is 0.960 bits per heavy atom. The zero-order valence-electron chi connectivity index (χ0n) is 13.3. The van der Waals surface area contributed by atoms with Crippen LogP contribution in [0.4, 0.5) is 5.69 Å². The largest absolute Gasteiger partial charge is 0.378 e. The van der Waals surface area contributed by atoms with Gasteiger partial charge in [0.25, 0.3) is 11.8 Å². The Labute approximate surface area is 155 Å². The van der Waals surface area contributed by atoms with Crippen LogP contribution in [-0.2, 0) is 4.74 Å². The van der Waals surface area contributed by atoms with E-state index in [-0.39, 0.29) is 21.5 Å². The molecule has 25 heavy (non-hydrogen) atoms. The lowest BCUT2D eigenvalue weighted by atomic mass is 10.1. The van der Waals surface area contributed by atoms with Gasteiger partial charge in [-0.2, -0.15) is 0 Å². The lowest BCUT2D eigenvalue weighted by Crippen LogP contribution is -2.40. The molecule has 0 atom stereocenters. The van der Waals surface area contributed by atoms with Gasteiger partial charge in [-0.05, 0) is 36.4 Å². The first-order chi connectivity index (χ1) is 12.1. The summed E-state index contributed by atoms with van der Waals surface area (Å²) in [6.45, 7) is 2.28. The number of halogens is 2. The second kappa shape index (κ2) is 7.87. The number of rotatable bonds is 3. The molecule has 3 rings (SSSR count). The molecule has 0 spiro atoms. The van der Waals surface area contributed by atoms with E-state index in [2.05, 4.69) is 5.32 Å². The molecule has 2 amide bonds. The van der Waals surface area contributed by atoms with E-state index in [1.165, 1.54) is 0 Å². The summed E-state index contributed by atoms with van der Waals surface area (Å²) in [5.41, 5.74) is 1.34. The van der Waals surface area contributed by atoms with E-state index in [4.69, 9.17) is 27.9 Å². The number of carbonyl (C=O) groups excluding carboxylic acids is 2. The van der Waals surface area contributed by atoms with Crippen LogP contribution < -0.4 is 5.32 Å². The number of benzene rings is 2. The lowest BCUT2D eigenvalue weighted by Gasteiger charge is -2.26. The van der Waals surface area contributed by atoms with Crippen molar-refractivity contribution in [3.63, 3.8) is 0 Å². The molecule has 5 nitrogen and oxygen atoms in total. The normalized spacial score (nSPS) is 14.2. The fraction of sp³-hybridized carbons (Fsp3) is 0.222. The minimum Gasteiger partial charge on any atom is -0.378 e. The summed E-state index contributed by atoms with van der Waals surface area (Å²) in [5.74, 6) is -0.446. The molecule has 0 aliphatic carbocycles. The fourth-order valence-electron chi connectivity index (χ4n) is 2.55. The molecule has 1 fully saturated rings. The van der Waals surface area contributed by atoms with Gasteiger partial charge in [0.1, 0.15) is 0 Å². The third kappa shape index (κ3) is 4.12. The van der Waals surface area contributed by atoms with Crippen molar-refractivity contribution < 1.29 is 14.3 Å². The van der Waals surface area contributed by atoms with Crippen molar-refractivity contribution in [2.45, 2.75) is 0 Å². The van der Waals surface area contributed by atoms with Crippen LogP contribution in [0.25, 0.3) is 0 Å². The summed E-state index contributed by atoms with van der Waals surface area (Å²) in [4.78, 5) is 26.5. The molecule has 0 unspecified atom stereocenters. The first-order valence-corrected chi connectivity index (χ1v) is 8.54. The van der Waals surface area contributed by atoms with Crippen molar-refractivity contribution >= 4 is 40.7 Å². The van der Waals surface area contributed by atoms with Crippen molar-refractivity contribution in [1.82, 2.24) is 4.90 Å².